The molecule has 0 heterocycles. The lowest BCUT2D eigenvalue weighted by Gasteiger charge is -2.08. The molecule has 0 aliphatic heterocycles. The summed E-state index contributed by atoms with van der Waals surface area (Å²) in [5, 5.41) is 2.89. The van der Waals surface area contributed by atoms with E-state index in [0.717, 1.165) is 6.42 Å². The van der Waals surface area contributed by atoms with Crippen molar-refractivity contribution in [1.82, 2.24) is 5.32 Å². The third kappa shape index (κ3) is 6.05. The number of rotatable bonds is 5. The summed E-state index contributed by atoms with van der Waals surface area (Å²) in [6.45, 7) is 4.87. The molecule has 0 aliphatic rings. The highest BCUT2D eigenvalue weighted by atomic mass is 35.5. The van der Waals surface area contributed by atoms with Gasteiger partial charge in [0.25, 0.3) is 0 Å². The summed E-state index contributed by atoms with van der Waals surface area (Å²) >= 11 is 5.13. The fourth-order valence-electron chi connectivity index (χ4n) is 0.561. The lowest BCUT2D eigenvalue weighted by atomic mass is 10.2. The molecule has 1 N–H and O–H groups in total. The molecule has 0 aromatic rings. The van der Waals surface area contributed by atoms with Crippen molar-refractivity contribution in [2.75, 3.05) is 6.54 Å². The average Bonchev–Trinajstić information content (AvgIpc) is 1.87. The van der Waals surface area contributed by atoms with E-state index in [2.05, 4.69) is 19.2 Å². The molecule has 0 radical (unpaired) electrons. The SMILES string of the molecule is CCC(C)NCCC(=O)Cl. The van der Waals surface area contributed by atoms with Crippen LogP contribution in [0, 0.1) is 0 Å². The maximum absolute atomic E-state index is 10.2. The molecule has 0 spiro atoms. The minimum absolute atomic E-state index is 0.268. The minimum atomic E-state index is -0.268. The normalized spacial score (nSPS) is 13.1. The first-order chi connectivity index (χ1) is 4.66. The Balaban J connectivity index is 3.11. The smallest absolute Gasteiger partial charge is 0.222 e. The molecular formula is C7H14ClNO. The van der Waals surface area contributed by atoms with Crippen molar-refractivity contribution < 1.29 is 4.79 Å². The van der Waals surface area contributed by atoms with E-state index in [1.54, 1.807) is 0 Å². The van der Waals surface area contributed by atoms with E-state index in [4.69, 9.17) is 11.6 Å². The quantitative estimate of drug-likeness (QED) is 0.623. The van der Waals surface area contributed by atoms with E-state index in [1.807, 2.05) is 0 Å². The number of carbonyl (C=O) groups is 1. The van der Waals surface area contributed by atoms with Crippen molar-refractivity contribution in [2.45, 2.75) is 32.7 Å². The number of hydrogen-bond donors (Lipinski definition) is 1. The third-order valence-electron chi connectivity index (χ3n) is 1.43. The van der Waals surface area contributed by atoms with Gasteiger partial charge in [-0.2, -0.15) is 0 Å². The van der Waals surface area contributed by atoms with Gasteiger partial charge in [0, 0.05) is 19.0 Å². The van der Waals surface area contributed by atoms with E-state index in [9.17, 15) is 4.79 Å². The molecule has 0 amide bonds. The van der Waals surface area contributed by atoms with Crippen molar-refractivity contribution in [3.05, 3.63) is 0 Å². The summed E-state index contributed by atoms with van der Waals surface area (Å²) in [5.74, 6) is 0. The van der Waals surface area contributed by atoms with Crippen molar-refractivity contribution in [3.63, 3.8) is 0 Å². The second-order valence-corrected chi connectivity index (χ2v) is 2.79. The molecule has 0 aliphatic carbocycles. The summed E-state index contributed by atoms with van der Waals surface area (Å²) in [7, 11) is 0. The Morgan fingerprint density at radius 1 is 1.70 bits per heavy atom. The van der Waals surface area contributed by atoms with Crippen molar-refractivity contribution in [2.24, 2.45) is 0 Å². The molecule has 1 unspecified atom stereocenters. The average molecular weight is 164 g/mol. The molecule has 0 saturated carbocycles. The van der Waals surface area contributed by atoms with Gasteiger partial charge in [-0.25, -0.2) is 0 Å². The Bertz CT molecular complexity index is 106. The van der Waals surface area contributed by atoms with Gasteiger partial charge in [0.2, 0.25) is 5.24 Å². The van der Waals surface area contributed by atoms with Crippen LogP contribution < -0.4 is 5.32 Å². The van der Waals surface area contributed by atoms with E-state index in [0.29, 0.717) is 19.0 Å². The standard InChI is InChI=1S/C7H14ClNO/c1-3-6(2)9-5-4-7(8)10/h6,9H,3-5H2,1-2H3. The van der Waals surface area contributed by atoms with E-state index >= 15 is 0 Å². The maximum Gasteiger partial charge on any atom is 0.222 e. The Morgan fingerprint density at radius 2 is 2.30 bits per heavy atom. The Morgan fingerprint density at radius 3 is 2.70 bits per heavy atom. The number of nitrogens with one attached hydrogen (secondary N) is 1. The summed E-state index contributed by atoms with van der Waals surface area (Å²) in [4.78, 5) is 10.2. The number of hydrogen-bond acceptors (Lipinski definition) is 2. The van der Waals surface area contributed by atoms with Crippen LogP contribution in [0.4, 0.5) is 0 Å². The second kappa shape index (κ2) is 5.69. The lowest BCUT2D eigenvalue weighted by Crippen LogP contribution is -2.26. The van der Waals surface area contributed by atoms with Crippen LogP contribution >= 0.6 is 11.6 Å². The molecule has 10 heavy (non-hydrogen) atoms. The van der Waals surface area contributed by atoms with Gasteiger partial charge in [-0.15, -0.1) is 0 Å². The first-order valence-electron chi connectivity index (χ1n) is 3.58. The zero-order valence-corrected chi connectivity index (χ0v) is 7.24. The largest absolute Gasteiger partial charge is 0.314 e. The summed E-state index contributed by atoms with van der Waals surface area (Å²) < 4.78 is 0. The molecule has 0 rings (SSSR count). The first-order valence-corrected chi connectivity index (χ1v) is 3.96. The van der Waals surface area contributed by atoms with Crippen LogP contribution in [-0.4, -0.2) is 17.8 Å². The monoisotopic (exact) mass is 163 g/mol. The summed E-state index contributed by atoms with van der Waals surface area (Å²) in [6, 6.07) is 0.482. The van der Waals surface area contributed by atoms with Gasteiger partial charge in [-0.05, 0) is 24.9 Å². The molecule has 2 nitrogen and oxygen atoms in total. The Hall–Kier alpha value is -0.0800. The van der Waals surface area contributed by atoms with Crippen LogP contribution in [0.25, 0.3) is 0 Å². The van der Waals surface area contributed by atoms with Crippen molar-refractivity contribution >= 4 is 16.8 Å². The predicted octanol–water partition coefficient (Wildman–Crippen LogP) is 1.53. The van der Waals surface area contributed by atoms with Crippen molar-refractivity contribution in [1.29, 1.82) is 0 Å². The van der Waals surface area contributed by atoms with Gasteiger partial charge < -0.3 is 5.32 Å². The zero-order valence-electron chi connectivity index (χ0n) is 6.48. The first kappa shape index (κ1) is 9.92. The van der Waals surface area contributed by atoms with Gasteiger partial charge in [0.05, 0.1) is 0 Å². The molecule has 0 bridgehead atoms. The Kier molecular flexibility index (Phi) is 5.64. The minimum Gasteiger partial charge on any atom is -0.314 e. The fraction of sp³-hybridized carbons (Fsp3) is 0.857. The van der Waals surface area contributed by atoms with Crippen LogP contribution in [0.2, 0.25) is 0 Å². The van der Waals surface area contributed by atoms with Gasteiger partial charge in [0.1, 0.15) is 0 Å². The van der Waals surface area contributed by atoms with Gasteiger partial charge >= 0.3 is 0 Å². The zero-order chi connectivity index (χ0) is 7.98. The fourth-order valence-corrected chi connectivity index (χ4v) is 0.656. The molecular weight excluding hydrogens is 150 g/mol. The van der Waals surface area contributed by atoms with Crippen LogP contribution in [-0.2, 0) is 4.79 Å². The Labute approximate surface area is 66.9 Å². The molecule has 0 aromatic carbocycles. The van der Waals surface area contributed by atoms with Crippen molar-refractivity contribution in [3.8, 4) is 0 Å². The highest BCUT2D eigenvalue weighted by molar-refractivity contribution is 6.63. The molecule has 0 aromatic heterocycles. The molecule has 60 valence electrons. The maximum atomic E-state index is 10.2. The van der Waals surface area contributed by atoms with Crippen LogP contribution in [0.15, 0.2) is 0 Å². The topological polar surface area (TPSA) is 29.1 Å². The van der Waals surface area contributed by atoms with E-state index < -0.39 is 0 Å². The van der Waals surface area contributed by atoms with Crippen LogP contribution in [0.5, 0.6) is 0 Å². The highest BCUT2D eigenvalue weighted by Gasteiger charge is 1.98. The van der Waals surface area contributed by atoms with Crippen LogP contribution in [0.1, 0.15) is 26.7 Å². The predicted molar refractivity (Wildman–Crippen MR) is 43.2 cm³/mol. The van der Waals surface area contributed by atoms with Gasteiger partial charge in [-0.3, -0.25) is 4.79 Å². The summed E-state index contributed by atoms with van der Waals surface area (Å²) in [6.07, 6.45) is 1.50. The van der Waals surface area contributed by atoms with Gasteiger partial charge in [0.15, 0.2) is 0 Å². The second-order valence-electron chi connectivity index (χ2n) is 2.37. The van der Waals surface area contributed by atoms with Gasteiger partial charge in [-0.1, -0.05) is 6.92 Å². The molecule has 1 atom stereocenters. The summed E-state index contributed by atoms with van der Waals surface area (Å²) in [5.41, 5.74) is 0. The molecule has 0 saturated heterocycles. The number of carbonyl (C=O) groups excluding carboxylic acids is 1. The lowest BCUT2D eigenvalue weighted by molar-refractivity contribution is -0.111. The van der Waals surface area contributed by atoms with E-state index in [1.165, 1.54) is 0 Å². The highest BCUT2D eigenvalue weighted by Crippen LogP contribution is 1.90. The molecule has 3 heteroatoms. The molecule has 0 fully saturated rings. The number of halogens is 1. The van der Waals surface area contributed by atoms with Crippen LogP contribution in [0.3, 0.4) is 0 Å². The third-order valence-corrected chi connectivity index (χ3v) is 1.62. The van der Waals surface area contributed by atoms with E-state index in [-0.39, 0.29) is 5.24 Å².